The standard InChI is InChI=1S/C17H18N2O3/c20-17-13(18-16(19-17)12-3-1-4-12)9-11-5-6-14-15(10-11)22-8-2-7-21-14/h5-6,9-10,12H,1-4,7-8H2,(H,18,19,20)/b13-9+. The Balaban J connectivity index is 1.60. The van der Waals surface area contributed by atoms with Crippen molar-refractivity contribution in [1.82, 2.24) is 5.32 Å². The molecule has 2 heterocycles. The van der Waals surface area contributed by atoms with Gasteiger partial charge < -0.3 is 14.8 Å². The van der Waals surface area contributed by atoms with Crippen molar-refractivity contribution in [2.75, 3.05) is 13.2 Å². The molecule has 0 atom stereocenters. The molecular formula is C17H18N2O3. The quantitative estimate of drug-likeness (QED) is 0.853. The lowest BCUT2D eigenvalue weighted by atomic mass is 9.84. The molecule has 5 nitrogen and oxygen atoms in total. The molecule has 114 valence electrons. The molecule has 22 heavy (non-hydrogen) atoms. The van der Waals surface area contributed by atoms with Crippen molar-refractivity contribution in [3.05, 3.63) is 29.5 Å². The van der Waals surface area contributed by atoms with E-state index >= 15 is 0 Å². The molecule has 0 unspecified atom stereocenters. The first-order valence-corrected chi connectivity index (χ1v) is 7.81. The highest BCUT2D eigenvalue weighted by molar-refractivity contribution is 6.15. The number of amides is 1. The van der Waals surface area contributed by atoms with E-state index in [4.69, 9.17) is 9.47 Å². The number of fused-ring (bicyclic) bond motifs is 1. The predicted octanol–water partition coefficient (Wildman–Crippen LogP) is 2.52. The van der Waals surface area contributed by atoms with Gasteiger partial charge in [0, 0.05) is 12.3 Å². The van der Waals surface area contributed by atoms with Crippen LogP contribution in [0.15, 0.2) is 28.9 Å². The highest BCUT2D eigenvalue weighted by Crippen LogP contribution is 2.32. The molecule has 1 aliphatic carbocycles. The van der Waals surface area contributed by atoms with Gasteiger partial charge in [0.15, 0.2) is 11.5 Å². The van der Waals surface area contributed by atoms with Gasteiger partial charge in [-0.25, -0.2) is 4.99 Å². The van der Waals surface area contributed by atoms with E-state index in [1.807, 2.05) is 18.2 Å². The highest BCUT2D eigenvalue weighted by atomic mass is 16.5. The van der Waals surface area contributed by atoms with Gasteiger partial charge in [-0.15, -0.1) is 0 Å². The number of carbonyl (C=O) groups excluding carboxylic acids is 1. The number of hydrogen-bond donors (Lipinski definition) is 1. The zero-order valence-electron chi connectivity index (χ0n) is 12.3. The molecule has 0 aromatic heterocycles. The van der Waals surface area contributed by atoms with Crippen LogP contribution in [0.3, 0.4) is 0 Å². The van der Waals surface area contributed by atoms with E-state index in [-0.39, 0.29) is 5.91 Å². The van der Waals surface area contributed by atoms with Crippen molar-refractivity contribution in [3.63, 3.8) is 0 Å². The second-order valence-corrected chi connectivity index (χ2v) is 5.87. The summed E-state index contributed by atoms with van der Waals surface area (Å²) in [5, 5.41) is 2.89. The van der Waals surface area contributed by atoms with Gasteiger partial charge in [0.05, 0.1) is 13.2 Å². The molecule has 1 amide bonds. The Hall–Kier alpha value is -2.30. The Labute approximate surface area is 129 Å². The maximum absolute atomic E-state index is 12.0. The second kappa shape index (κ2) is 5.48. The summed E-state index contributed by atoms with van der Waals surface area (Å²) in [7, 11) is 0. The number of aliphatic imine (C=N–C) groups is 1. The van der Waals surface area contributed by atoms with Crippen LogP contribution in [0.2, 0.25) is 0 Å². The van der Waals surface area contributed by atoms with Crippen LogP contribution in [0.4, 0.5) is 0 Å². The minimum absolute atomic E-state index is 0.117. The summed E-state index contributed by atoms with van der Waals surface area (Å²) in [5.74, 6) is 2.63. The minimum atomic E-state index is -0.117. The normalized spacial score (nSPS) is 22.8. The van der Waals surface area contributed by atoms with E-state index in [0.717, 1.165) is 42.2 Å². The Bertz CT molecular complexity index is 674. The van der Waals surface area contributed by atoms with Crippen LogP contribution in [0.1, 0.15) is 31.2 Å². The van der Waals surface area contributed by atoms with Gasteiger partial charge in [0.25, 0.3) is 5.91 Å². The Morgan fingerprint density at radius 3 is 2.73 bits per heavy atom. The van der Waals surface area contributed by atoms with Gasteiger partial charge in [-0.1, -0.05) is 12.5 Å². The first kappa shape index (κ1) is 13.4. The van der Waals surface area contributed by atoms with Crippen LogP contribution >= 0.6 is 0 Å². The zero-order chi connectivity index (χ0) is 14.9. The maximum atomic E-state index is 12.0. The number of rotatable bonds is 2. The largest absolute Gasteiger partial charge is 0.490 e. The van der Waals surface area contributed by atoms with E-state index in [1.165, 1.54) is 6.42 Å². The first-order chi connectivity index (χ1) is 10.8. The highest BCUT2D eigenvalue weighted by Gasteiger charge is 2.30. The second-order valence-electron chi connectivity index (χ2n) is 5.87. The number of amidine groups is 1. The number of nitrogens with one attached hydrogen (secondary N) is 1. The topological polar surface area (TPSA) is 59.9 Å². The Morgan fingerprint density at radius 1 is 1.14 bits per heavy atom. The molecule has 1 aromatic rings. The van der Waals surface area contributed by atoms with E-state index in [9.17, 15) is 4.79 Å². The maximum Gasteiger partial charge on any atom is 0.275 e. The molecule has 5 heteroatoms. The average Bonchev–Trinajstić information content (AvgIpc) is 2.68. The van der Waals surface area contributed by atoms with Crippen LogP contribution in [0.25, 0.3) is 6.08 Å². The molecule has 1 aromatic carbocycles. The minimum Gasteiger partial charge on any atom is -0.490 e. The van der Waals surface area contributed by atoms with Crippen molar-refractivity contribution >= 4 is 17.8 Å². The summed E-state index contributed by atoms with van der Waals surface area (Å²) >= 11 is 0. The van der Waals surface area contributed by atoms with Crippen LogP contribution < -0.4 is 14.8 Å². The number of nitrogens with zero attached hydrogens (tertiary/aromatic N) is 1. The third kappa shape index (κ3) is 2.47. The smallest absolute Gasteiger partial charge is 0.275 e. The molecule has 1 N–H and O–H groups in total. The molecule has 1 fully saturated rings. The SMILES string of the molecule is O=C1NC(C2CCC2)=N/C1=C/c1ccc2c(c1)OCCCO2. The fraction of sp³-hybridized carbons (Fsp3) is 0.412. The molecular weight excluding hydrogens is 280 g/mol. The summed E-state index contributed by atoms with van der Waals surface area (Å²) in [5.41, 5.74) is 1.37. The van der Waals surface area contributed by atoms with E-state index in [0.29, 0.717) is 24.8 Å². The lowest BCUT2D eigenvalue weighted by Crippen LogP contribution is -2.33. The predicted molar refractivity (Wildman–Crippen MR) is 82.9 cm³/mol. The van der Waals surface area contributed by atoms with Gasteiger partial charge in [-0.05, 0) is 36.6 Å². The van der Waals surface area contributed by atoms with Crippen LogP contribution in [-0.4, -0.2) is 25.0 Å². The summed E-state index contributed by atoms with van der Waals surface area (Å²) < 4.78 is 11.3. The summed E-state index contributed by atoms with van der Waals surface area (Å²) in [6.45, 7) is 1.32. The van der Waals surface area contributed by atoms with Crippen molar-refractivity contribution in [2.24, 2.45) is 10.9 Å². The van der Waals surface area contributed by atoms with E-state index < -0.39 is 0 Å². The van der Waals surface area contributed by atoms with Crippen molar-refractivity contribution in [2.45, 2.75) is 25.7 Å². The third-order valence-electron chi connectivity index (χ3n) is 4.28. The van der Waals surface area contributed by atoms with Gasteiger partial charge in [0.1, 0.15) is 11.5 Å². The van der Waals surface area contributed by atoms with E-state index in [2.05, 4.69) is 10.3 Å². The Morgan fingerprint density at radius 2 is 1.95 bits per heavy atom. The molecule has 4 rings (SSSR count). The third-order valence-corrected chi connectivity index (χ3v) is 4.28. The van der Waals surface area contributed by atoms with Gasteiger partial charge in [-0.3, -0.25) is 4.79 Å². The lowest BCUT2D eigenvalue weighted by Gasteiger charge is -2.24. The van der Waals surface area contributed by atoms with Crippen LogP contribution in [0.5, 0.6) is 11.5 Å². The number of carbonyl (C=O) groups is 1. The summed E-state index contributed by atoms with van der Waals surface area (Å²) in [6, 6.07) is 5.71. The molecule has 1 saturated carbocycles. The first-order valence-electron chi connectivity index (χ1n) is 7.81. The monoisotopic (exact) mass is 298 g/mol. The number of ether oxygens (including phenoxy) is 2. The van der Waals surface area contributed by atoms with Crippen molar-refractivity contribution in [1.29, 1.82) is 0 Å². The van der Waals surface area contributed by atoms with Gasteiger partial charge in [0.2, 0.25) is 0 Å². The fourth-order valence-corrected chi connectivity index (χ4v) is 2.79. The molecule has 0 spiro atoms. The van der Waals surface area contributed by atoms with Crippen LogP contribution in [-0.2, 0) is 4.79 Å². The molecule has 3 aliphatic rings. The summed E-state index contributed by atoms with van der Waals surface area (Å²) in [6.07, 6.45) is 6.14. The molecule has 0 bridgehead atoms. The number of hydrogen-bond acceptors (Lipinski definition) is 4. The molecule has 0 saturated heterocycles. The lowest BCUT2D eigenvalue weighted by molar-refractivity contribution is -0.115. The average molecular weight is 298 g/mol. The molecule has 0 radical (unpaired) electrons. The number of benzene rings is 1. The fourth-order valence-electron chi connectivity index (χ4n) is 2.79. The van der Waals surface area contributed by atoms with Gasteiger partial charge in [-0.2, -0.15) is 0 Å². The van der Waals surface area contributed by atoms with Crippen molar-refractivity contribution < 1.29 is 14.3 Å². The van der Waals surface area contributed by atoms with E-state index in [1.54, 1.807) is 6.08 Å². The van der Waals surface area contributed by atoms with Gasteiger partial charge >= 0.3 is 0 Å². The van der Waals surface area contributed by atoms with Crippen molar-refractivity contribution in [3.8, 4) is 11.5 Å². The summed E-state index contributed by atoms with van der Waals surface area (Å²) in [4.78, 5) is 16.5. The van der Waals surface area contributed by atoms with Crippen LogP contribution in [0, 0.1) is 5.92 Å². The Kier molecular flexibility index (Phi) is 3.33. The molecule has 2 aliphatic heterocycles. The zero-order valence-corrected chi connectivity index (χ0v) is 12.3.